The molecule has 1 atom stereocenters. The van der Waals surface area contributed by atoms with Crippen molar-refractivity contribution in [2.75, 3.05) is 6.26 Å². The zero-order chi connectivity index (χ0) is 14.8. The molecule has 0 bridgehead atoms. The van der Waals surface area contributed by atoms with Gasteiger partial charge in [0.1, 0.15) is 5.70 Å². The fraction of sp³-hybridized carbons (Fsp3) is 0.200. The molecule has 21 heavy (non-hydrogen) atoms. The number of hydrogen-bond acceptors (Lipinski definition) is 4. The van der Waals surface area contributed by atoms with Gasteiger partial charge in [0.25, 0.3) is 5.91 Å². The average molecular weight is 334 g/mol. The zero-order valence-corrected chi connectivity index (χ0v) is 13.8. The highest BCUT2D eigenvalue weighted by Gasteiger charge is 2.24. The minimum Gasteiger partial charge on any atom is -0.328 e. The highest BCUT2D eigenvalue weighted by Crippen LogP contribution is 2.40. The molecule has 2 aliphatic rings. The van der Waals surface area contributed by atoms with E-state index in [0.29, 0.717) is 10.8 Å². The zero-order valence-electron chi connectivity index (χ0n) is 11.4. The molecule has 6 heteroatoms. The van der Waals surface area contributed by atoms with Gasteiger partial charge in [0.05, 0.1) is 0 Å². The van der Waals surface area contributed by atoms with Crippen LogP contribution in [-0.2, 0) is 4.79 Å². The van der Waals surface area contributed by atoms with Crippen molar-refractivity contribution in [1.82, 2.24) is 10.6 Å². The molecular formula is C15H14N2OS3. The number of thiocarbonyl (C=S) groups is 1. The Morgan fingerprint density at radius 3 is 2.71 bits per heavy atom. The summed E-state index contributed by atoms with van der Waals surface area (Å²) in [6.07, 6.45) is 7.19. The number of rotatable bonds is 3. The molecule has 0 radical (unpaired) electrons. The summed E-state index contributed by atoms with van der Waals surface area (Å²) >= 11 is 8.46. The van der Waals surface area contributed by atoms with E-state index < -0.39 is 0 Å². The minimum absolute atomic E-state index is 0.140. The number of carbonyl (C=O) groups is 1. The monoisotopic (exact) mass is 334 g/mol. The van der Waals surface area contributed by atoms with Crippen LogP contribution in [0, 0.1) is 0 Å². The number of allylic oxidation sites excluding steroid dienone is 1. The lowest BCUT2D eigenvalue weighted by atomic mass is 10.2. The summed E-state index contributed by atoms with van der Waals surface area (Å²) in [6.45, 7) is 0. The van der Waals surface area contributed by atoms with Crippen LogP contribution in [0.1, 0.15) is 12.0 Å². The van der Waals surface area contributed by atoms with Gasteiger partial charge in [-0.2, -0.15) is 0 Å². The first-order chi connectivity index (χ1) is 10.2. The van der Waals surface area contributed by atoms with E-state index in [9.17, 15) is 4.79 Å². The molecule has 1 fully saturated rings. The Kier molecular flexibility index (Phi) is 4.37. The van der Waals surface area contributed by atoms with Crippen LogP contribution in [0.15, 0.2) is 47.0 Å². The van der Waals surface area contributed by atoms with Crippen LogP contribution in [0.2, 0.25) is 0 Å². The van der Waals surface area contributed by atoms with E-state index in [2.05, 4.69) is 47.2 Å². The Bertz CT molecular complexity index is 649. The fourth-order valence-electron chi connectivity index (χ4n) is 2.21. The third-order valence-electron chi connectivity index (χ3n) is 3.26. The van der Waals surface area contributed by atoms with E-state index in [1.165, 1.54) is 15.4 Å². The van der Waals surface area contributed by atoms with Gasteiger partial charge in [-0.1, -0.05) is 18.2 Å². The number of benzene rings is 1. The van der Waals surface area contributed by atoms with Crippen molar-refractivity contribution < 1.29 is 4.79 Å². The maximum Gasteiger partial charge on any atom is 0.273 e. The van der Waals surface area contributed by atoms with Crippen molar-refractivity contribution in [3.05, 3.63) is 47.7 Å². The Morgan fingerprint density at radius 1 is 1.33 bits per heavy atom. The number of carbonyl (C=O) groups excluding carboxylic acids is 1. The number of hydrogen-bond donors (Lipinski definition) is 2. The quantitative estimate of drug-likeness (QED) is 0.505. The lowest BCUT2D eigenvalue weighted by molar-refractivity contribution is -0.115. The number of thioether (sulfide) groups is 2. The molecule has 0 spiro atoms. The number of nitrogens with one attached hydrogen (secondary N) is 2. The summed E-state index contributed by atoms with van der Waals surface area (Å²) in [5, 5.41) is 6.13. The van der Waals surface area contributed by atoms with Crippen LogP contribution < -0.4 is 10.6 Å². The van der Waals surface area contributed by atoms with E-state index in [0.717, 1.165) is 6.42 Å². The van der Waals surface area contributed by atoms with Crippen molar-refractivity contribution in [2.45, 2.75) is 16.6 Å². The molecule has 1 unspecified atom stereocenters. The van der Waals surface area contributed by atoms with Crippen LogP contribution in [0.3, 0.4) is 0 Å². The van der Waals surface area contributed by atoms with E-state index in [1.54, 1.807) is 23.5 Å². The molecule has 108 valence electrons. The Hall–Kier alpha value is -1.24. The Labute approximate surface area is 137 Å². The van der Waals surface area contributed by atoms with Crippen LogP contribution >= 0.6 is 35.7 Å². The lowest BCUT2D eigenvalue weighted by Gasteiger charge is -2.07. The Balaban J connectivity index is 1.68. The SMILES string of the molecule is CSc1ccc(C2=CCC(/C=C3/NC(=S)NC3=O)S2)cc1. The van der Waals surface area contributed by atoms with E-state index in [4.69, 9.17) is 12.2 Å². The normalized spacial score (nSPS) is 23.2. The molecular weight excluding hydrogens is 320 g/mol. The smallest absolute Gasteiger partial charge is 0.273 e. The standard InChI is InChI=1S/C15H14N2OS3/c1-20-10-4-2-9(3-5-10)13-7-6-11(21-13)8-12-14(18)17-15(19)16-12/h2-5,7-8,11H,6H2,1H3,(H2,16,17,18,19)/b12-8+. The summed E-state index contributed by atoms with van der Waals surface area (Å²) in [4.78, 5) is 14.2. The molecule has 2 heterocycles. The summed E-state index contributed by atoms with van der Waals surface area (Å²) in [6, 6.07) is 8.57. The van der Waals surface area contributed by atoms with Gasteiger partial charge in [0.2, 0.25) is 0 Å². The van der Waals surface area contributed by atoms with Crippen molar-refractivity contribution in [3.63, 3.8) is 0 Å². The largest absolute Gasteiger partial charge is 0.328 e. The second-order valence-electron chi connectivity index (χ2n) is 4.68. The van der Waals surface area contributed by atoms with Gasteiger partial charge in [-0.05, 0) is 48.7 Å². The van der Waals surface area contributed by atoms with Crippen LogP contribution in [-0.4, -0.2) is 22.5 Å². The van der Waals surface area contributed by atoms with E-state index in [-0.39, 0.29) is 11.2 Å². The predicted molar refractivity (Wildman–Crippen MR) is 94.2 cm³/mol. The van der Waals surface area contributed by atoms with Gasteiger partial charge in [-0.3, -0.25) is 10.1 Å². The third-order valence-corrected chi connectivity index (χ3v) is 5.50. The lowest BCUT2D eigenvalue weighted by Crippen LogP contribution is -2.21. The first kappa shape index (κ1) is 14.7. The minimum atomic E-state index is -0.140. The van der Waals surface area contributed by atoms with Gasteiger partial charge in [-0.15, -0.1) is 23.5 Å². The second-order valence-corrected chi connectivity index (χ2v) is 7.25. The molecule has 2 aliphatic heterocycles. The second kappa shape index (κ2) is 6.25. The summed E-state index contributed by atoms with van der Waals surface area (Å²) in [5.41, 5.74) is 1.79. The highest BCUT2D eigenvalue weighted by molar-refractivity contribution is 8.09. The van der Waals surface area contributed by atoms with Crippen molar-refractivity contribution in [2.24, 2.45) is 0 Å². The first-order valence-corrected chi connectivity index (χ1v) is 9.02. The summed E-state index contributed by atoms with van der Waals surface area (Å²) in [7, 11) is 0. The molecule has 1 aromatic carbocycles. The third kappa shape index (κ3) is 3.33. The van der Waals surface area contributed by atoms with Gasteiger partial charge in [0.15, 0.2) is 5.11 Å². The number of amides is 1. The molecule has 1 saturated heterocycles. The molecule has 0 saturated carbocycles. The Morgan fingerprint density at radius 2 is 2.10 bits per heavy atom. The molecule has 3 nitrogen and oxygen atoms in total. The van der Waals surface area contributed by atoms with Crippen molar-refractivity contribution in [1.29, 1.82) is 0 Å². The maximum atomic E-state index is 11.6. The molecule has 0 aliphatic carbocycles. The molecule has 3 rings (SSSR count). The van der Waals surface area contributed by atoms with Gasteiger partial charge < -0.3 is 5.32 Å². The van der Waals surface area contributed by atoms with Crippen molar-refractivity contribution >= 4 is 51.7 Å². The van der Waals surface area contributed by atoms with Crippen molar-refractivity contribution in [3.8, 4) is 0 Å². The van der Waals surface area contributed by atoms with E-state index in [1.807, 2.05) is 6.08 Å². The van der Waals surface area contributed by atoms with Gasteiger partial charge >= 0.3 is 0 Å². The maximum absolute atomic E-state index is 11.6. The summed E-state index contributed by atoms with van der Waals surface area (Å²) in [5.74, 6) is -0.140. The molecule has 1 amide bonds. The van der Waals surface area contributed by atoms with Crippen LogP contribution in [0.25, 0.3) is 4.91 Å². The van der Waals surface area contributed by atoms with Crippen LogP contribution in [0.4, 0.5) is 0 Å². The molecule has 1 aromatic rings. The van der Waals surface area contributed by atoms with Crippen LogP contribution in [0.5, 0.6) is 0 Å². The first-order valence-electron chi connectivity index (χ1n) is 6.51. The van der Waals surface area contributed by atoms with Gasteiger partial charge in [0, 0.05) is 15.1 Å². The van der Waals surface area contributed by atoms with E-state index >= 15 is 0 Å². The highest BCUT2D eigenvalue weighted by atomic mass is 32.2. The average Bonchev–Trinajstić information content (AvgIpc) is 3.07. The van der Waals surface area contributed by atoms with Gasteiger partial charge in [-0.25, -0.2) is 0 Å². The predicted octanol–water partition coefficient (Wildman–Crippen LogP) is 3.14. The topological polar surface area (TPSA) is 41.1 Å². The summed E-state index contributed by atoms with van der Waals surface area (Å²) < 4.78 is 0. The fourth-order valence-corrected chi connectivity index (χ4v) is 4.01. The molecule has 2 N–H and O–H groups in total. The molecule has 0 aromatic heterocycles.